The number of primary amides is 1. The Balaban J connectivity index is 2.07. The van der Waals surface area contributed by atoms with E-state index >= 15 is 0 Å². The van der Waals surface area contributed by atoms with Crippen LogP contribution in [0.3, 0.4) is 0 Å². The molecule has 5 heteroatoms. The minimum Gasteiger partial charge on any atom is -0.361 e. The van der Waals surface area contributed by atoms with Gasteiger partial charge in [0.15, 0.2) is 0 Å². The molecule has 1 aromatic carbocycles. The summed E-state index contributed by atoms with van der Waals surface area (Å²) in [5.41, 5.74) is 8.23. The highest BCUT2D eigenvalue weighted by Gasteiger charge is 2.19. The molecule has 2 aromatic rings. The molecule has 23 heavy (non-hydrogen) atoms. The van der Waals surface area contributed by atoms with Gasteiger partial charge in [0.2, 0.25) is 0 Å². The minimum atomic E-state index is -0.934. The first-order chi connectivity index (χ1) is 11.1. The Morgan fingerprint density at radius 2 is 1.78 bits per heavy atom. The molecule has 0 unspecified atom stereocenters. The maximum Gasteiger partial charge on any atom is 0.311 e. The first-order valence-corrected chi connectivity index (χ1v) is 7.66. The van der Waals surface area contributed by atoms with E-state index in [9.17, 15) is 9.59 Å². The number of aryl methyl sites for hydroxylation is 1. The highest BCUT2D eigenvalue weighted by atomic mass is 16.2. The van der Waals surface area contributed by atoms with E-state index in [4.69, 9.17) is 5.73 Å². The standard InChI is InChI=1S/C18H21N3O2/c1-2-14-6-8-15(9-7-14)13-21(18(23)17(19)22)12-10-16-5-3-4-11-20-16/h3-9,11H,2,10,12-13H2,1H3,(H2,19,22). The number of aromatic nitrogens is 1. The van der Waals surface area contributed by atoms with E-state index in [0.717, 1.165) is 17.7 Å². The second kappa shape index (κ2) is 8.08. The lowest BCUT2D eigenvalue weighted by atomic mass is 10.1. The molecule has 0 atom stereocenters. The molecule has 0 saturated heterocycles. The van der Waals surface area contributed by atoms with Crippen LogP contribution in [0.2, 0.25) is 0 Å². The van der Waals surface area contributed by atoms with E-state index in [-0.39, 0.29) is 0 Å². The monoisotopic (exact) mass is 311 g/mol. The number of rotatable bonds is 6. The topological polar surface area (TPSA) is 76.3 Å². The van der Waals surface area contributed by atoms with Gasteiger partial charge in [-0.3, -0.25) is 14.6 Å². The maximum absolute atomic E-state index is 12.0. The zero-order valence-electron chi connectivity index (χ0n) is 13.2. The van der Waals surface area contributed by atoms with Crippen LogP contribution in [0.4, 0.5) is 0 Å². The average Bonchev–Trinajstić information content (AvgIpc) is 2.59. The summed E-state index contributed by atoms with van der Waals surface area (Å²) in [6.45, 7) is 2.84. The van der Waals surface area contributed by atoms with E-state index < -0.39 is 11.8 Å². The van der Waals surface area contributed by atoms with E-state index in [2.05, 4.69) is 11.9 Å². The minimum absolute atomic E-state index is 0.360. The Bertz CT molecular complexity index is 654. The third-order valence-electron chi connectivity index (χ3n) is 3.67. The number of carbonyl (C=O) groups excluding carboxylic acids is 2. The highest BCUT2D eigenvalue weighted by Crippen LogP contribution is 2.09. The van der Waals surface area contributed by atoms with Gasteiger partial charge in [0.1, 0.15) is 0 Å². The zero-order valence-corrected chi connectivity index (χ0v) is 13.2. The SMILES string of the molecule is CCc1ccc(CN(CCc2ccccn2)C(=O)C(N)=O)cc1. The molecule has 0 fully saturated rings. The van der Waals surface area contributed by atoms with Crippen LogP contribution in [0.5, 0.6) is 0 Å². The quantitative estimate of drug-likeness (QED) is 0.825. The van der Waals surface area contributed by atoms with Crippen LogP contribution in [0, 0.1) is 0 Å². The second-order valence-corrected chi connectivity index (χ2v) is 5.33. The lowest BCUT2D eigenvalue weighted by molar-refractivity contribution is -0.144. The van der Waals surface area contributed by atoms with Crippen molar-refractivity contribution in [1.82, 2.24) is 9.88 Å². The van der Waals surface area contributed by atoms with Crippen LogP contribution in [-0.2, 0) is 29.0 Å². The molecule has 2 amide bonds. The van der Waals surface area contributed by atoms with Crippen LogP contribution in [0.25, 0.3) is 0 Å². The smallest absolute Gasteiger partial charge is 0.311 e. The molecule has 5 nitrogen and oxygen atoms in total. The molecular weight excluding hydrogens is 290 g/mol. The van der Waals surface area contributed by atoms with Gasteiger partial charge >= 0.3 is 11.8 Å². The van der Waals surface area contributed by atoms with Crippen LogP contribution in [-0.4, -0.2) is 28.2 Å². The van der Waals surface area contributed by atoms with Gasteiger partial charge < -0.3 is 10.6 Å². The number of nitrogens with zero attached hydrogens (tertiary/aromatic N) is 2. The summed E-state index contributed by atoms with van der Waals surface area (Å²) in [6, 6.07) is 13.6. The van der Waals surface area contributed by atoms with E-state index in [1.54, 1.807) is 6.20 Å². The van der Waals surface area contributed by atoms with Gasteiger partial charge in [-0.25, -0.2) is 0 Å². The van der Waals surface area contributed by atoms with Crippen LogP contribution in [0.1, 0.15) is 23.7 Å². The van der Waals surface area contributed by atoms with Gasteiger partial charge in [0.05, 0.1) is 0 Å². The number of carbonyl (C=O) groups is 2. The van der Waals surface area contributed by atoms with Crippen molar-refractivity contribution in [2.75, 3.05) is 6.54 Å². The largest absolute Gasteiger partial charge is 0.361 e. The number of nitrogens with two attached hydrogens (primary N) is 1. The Labute approximate surface area is 136 Å². The summed E-state index contributed by atoms with van der Waals surface area (Å²) in [5.74, 6) is -1.60. The fraction of sp³-hybridized carbons (Fsp3) is 0.278. The van der Waals surface area contributed by atoms with Crippen molar-refractivity contribution in [2.24, 2.45) is 5.73 Å². The Morgan fingerprint density at radius 3 is 2.35 bits per heavy atom. The number of benzene rings is 1. The molecule has 0 saturated carbocycles. The van der Waals surface area contributed by atoms with Gasteiger partial charge in [-0.1, -0.05) is 37.3 Å². The molecule has 1 aromatic heterocycles. The maximum atomic E-state index is 12.0. The zero-order chi connectivity index (χ0) is 16.7. The summed E-state index contributed by atoms with van der Waals surface area (Å²) in [7, 11) is 0. The first-order valence-electron chi connectivity index (χ1n) is 7.66. The Kier molecular flexibility index (Phi) is 5.86. The molecular formula is C18H21N3O2. The number of hydrogen-bond donors (Lipinski definition) is 1. The van der Waals surface area contributed by atoms with Crippen molar-refractivity contribution < 1.29 is 9.59 Å². The summed E-state index contributed by atoms with van der Waals surface area (Å²) < 4.78 is 0. The van der Waals surface area contributed by atoms with Crippen LogP contribution < -0.4 is 5.73 Å². The molecule has 0 aliphatic heterocycles. The van der Waals surface area contributed by atoms with E-state index in [1.165, 1.54) is 10.5 Å². The van der Waals surface area contributed by atoms with E-state index in [1.807, 2.05) is 42.5 Å². The van der Waals surface area contributed by atoms with Crippen molar-refractivity contribution in [2.45, 2.75) is 26.3 Å². The lowest BCUT2D eigenvalue weighted by Gasteiger charge is -2.21. The lowest BCUT2D eigenvalue weighted by Crippen LogP contribution is -2.41. The van der Waals surface area contributed by atoms with Crippen molar-refractivity contribution in [3.8, 4) is 0 Å². The number of pyridine rings is 1. The van der Waals surface area contributed by atoms with Crippen molar-refractivity contribution in [1.29, 1.82) is 0 Å². The Hall–Kier alpha value is -2.69. The molecule has 120 valence electrons. The van der Waals surface area contributed by atoms with Crippen molar-refractivity contribution >= 4 is 11.8 Å². The van der Waals surface area contributed by atoms with Gasteiger partial charge in [-0.15, -0.1) is 0 Å². The predicted octanol–water partition coefficient (Wildman–Crippen LogP) is 1.70. The second-order valence-electron chi connectivity index (χ2n) is 5.33. The third kappa shape index (κ3) is 4.92. The normalized spacial score (nSPS) is 10.3. The molecule has 0 spiro atoms. The molecule has 0 aliphatic rings. The molecule has 1 heterocycles. The average molecular weight is 311 g/mol. The molecule has 0 radical (unpaired) electrons. The van der Waals surface area contributed by atoms with Crippen molar-refractivity contribution in [3.63, 3.8) is 0 Å². The van der Waals surface area contributed by atoms with Crippen LogP contribution in [0.15, 0.2) is 48.7 Å². The fourth-order valence-corrected chi connectivity index (χ4v) is 2.30. The van der Waals surface area contributed by atoms with Crippen LogP contribution >= 0.6 is 0 Å². The summed E-state index contributed by atoms with van der Waals surface area (Å²) in [4.78, 5) is 29.0. The summed E-state index contributed by atoms with van der Waals surface area (Å²) in [6.07, 6.45) is 3.25. The molecule has 2 N–H and O–H groups in total. The molecule has 0 aliphatic carbocycles. The van der Waals surface area contributed by atoms with Gasteiger partial charge in [0.25, 0.3) is 0 Å². The number of hydrogen-bond acceptors (Lipinski definition) is 3. The molecule has 2 rings (SSSR count). The summed E-state index contributed by atoms with van der Waals surface area (Å²) >= 11 is 0. The Morgan fingerprint density at radius 1 is 1.09 bits per heavy atom. The summed E-state index contributed by atoms with van der Waals surface area (Å²) in [5, 5.41) is 0. The fourth-order valence-electron chi connectivity index (χ4n) is 2.30. The predicted molar refractivity (Wildman–Crippen MR) is 88.4 cm³/mol. The van der Waals surface area contributed by atoms with Crippen molar-refractivity contribution in [3.05, 3.63) is 65.5 Å². The van der Waals surface area contributed by atoms with Gasteiger partial charge in [-0.05, 0) is 29.7 Å². The first kappa shape index (κ1) is 16.7. The number of amides is 2. The van der Waals surface area contributed by atoms with Gasteiger partial charge in [-0.2, -0.15) is 0 Å². The highest BCUT2D eigenvalue weighted by molar-refractivity contribution is 6.34. The van der Waals surface area contributed by atoms with E-state index in [0.29, 0.717) is 19.5 Å². The molecule has 0 bridgehead atoms. The van der Waals surface area contributed by atoms with Gasteiger partial charge in [0, 0.05) is 31.4 Å². The third-order valence-corrected chi connectivity index (χ3v) is 3.67.